The Labute approximate surface area is 294 Å². The van der Waals surface area contributed by atoms with Crippen LogP contribution in [0.25, 0.3) is 16.6 Å². The normalized spacial score (nSPS) is 20.0. The van der Waals surface area contributed by atoms with E-state index in [4.69, 9.17) is 19.6 Å². The molecule has 1 unspecified atom stereocenters. The van der Waals surface area contributed by atoms with Gasteiger partial charge >= 0.3 is 11.8 Å². The fourth-order valence-electron chi connectivity index (χ4n) is 7.92. The van der Waals surface area contributed by atoms with Crippen molar-refractivity contribution in [1.29, 1.82) is 0 Å². The Balaban J connectivity index is 1.30. The van der Waals surface area contributed by atoms with Gasteiger partial charge in [-0.1, -0.05) is 38.1 Å². The molecule has 0 aliphatic carbocycles. The Hall–Kier alpha value is -4.38. The minimum atomic E-state index is -0.564. The molecule has 0 radical (unpaired) electrons. The molecule has 2 saturated heterocycles. The molecular formula is C39H51N7O4. The van der Waals surface area contributed by atoms with Crippen molar-refractivity contribution < 1.29 is 14.3 Å². The number of carbonyl (C=O) groups is 1. The van der Waals surface area contributed by atoms with E-state index in [-0.39, 0.29) is 30.0 Å². The van der Waals surface area contributed by atoms with Gasteiger partial charge in [-0.3, -0.25) is 4.57 Å². The maximum Gasteiger partial charge on any atom is 0.410 e. The highest BCUT2D eigenvalue weighted by molar-refractivity contribution is 5.94. The third kappa shape index (κ3) is 6.36. The first-order valence-electron chi connectivity index (χ1n) is 18.2. The fourth-order valence-corrected chi connectivity index (χ4v) is 7.92. The van der Waals surface area contributed by atoms with Gasteiger partial charge in [0, 0.05) is 49.8 Å². The van der Waals surface area contributed by atoms with E-state index in [2.05, 4.69) is 55.7 Å². The summed E-state index contributed by atoms with van der Waals surface area (Å²) in [5, 5.41) is 5.95. The van der Waals surface area contributed by atoms with Crippen molar-refractivity contribution in [3.63, 3.8) is 0 Å². The van der Waals surface area contributed by atoms with Gasteiger partial charge in [0.25, 0.3) is 0 Å². The fraction of sp³-hybridized carbons (Fsp3) is 0.538. The summed E-state index contributed by atoms with van der Waals surface area (Å²) in [7, 11) is 0. The van der Waals surface area contributed by atoms with Gasteiger partial charge in [0.1, 0.15) is 11.4 Å². The number of aryl methyl sites for hydroxylation is 1. The summed E-state index contributed by atoms with van der Waals surface area (Å²) >= 11 is 0. The maximum atomic E-state index is 14.4. The lowest BCUT2D eigenvalue weighted by Gasteiger charge is -2.42. The monoisotopic (exact) mass is 681 g/mol. The molecule has 5 heterocycles. The number of benzene rings is 2. The van der Waals surface area contributed by atoms with Gasteiger partial charge in [-0.15, -0.1) is 0 Å². The SMILES string of the molecule is Cc1ccc2c(cnn2C2CCCCO2)c1N1CCc2c(N3CCN(C(=O)OC(C)(C)C)C[C@@H]3C)nc(=O)n(-c3ccccc3C(C)C)c2C1. The first-order valence-corrected chi connectivity index (χ1v) is 18.2. The van der Waals surface area contributed by atoms with E-state index in [1.807, 2.05) is 54.4 Å². The smallest absolute Gasteiger partial charge is 0.410 e. The highest BCUT2D eigenvalue weighted by Gasteiger charge is 2.35. The molecule has 11 nitrogen and oxygen atoms in total. The molecule has 50 heavy (non-hydrogen) atoms. The molecule has 3 aliphatic rings. The van der Waals surface area contributed by atoms with Crippen LogP contribution in [0.4, 0.5) is 16.3 Å². The molecule has 0 N–H and O–H groups in total. The van der Waals surface area contributed by atoms with Gasteiger partial charge < -0.3 is 24.2 Å². The Morgan fingerprint density at radius 1 is 1.06 bits per heavy atom. The number of hydrogen-bond acceptors (Lipinski definition) is 8. The molecule has 2 atom stereocenters. The van der Waals surface area contributed by atoms with E-state index in [1.54, 1.807) is 4.90 Å². The molecule has 4 aromatic rings. The van der Waals surface area contributed by atoms with Crippen molar-refractivity contribution in [2.24, 2.45) is 0 Å². The van der Waals surface area contributed by atoms with Crippen LogP contribution >= 0.6 is 0 Å². The largest absolute Gasteiger partial charge is 0.444 e. The van der Waals surface area contributed by atoms with Crippen LogP contribution in [-0.2, 0) is 22.4 Å². The summed E-state index contributed by atoms with van der Waals surface area (Å²) in [4.78, 5) is 38.6. The zero-order valence-corrected chi connectivity index (χ0v) is 30.6. The van der Waals surface area contributed by atoms with Crippen LogP contribution in [0.3, 0.4) is 0 Å². The van der Waals surface area contributed by atoms with E-state index < -0.39 is 5.60 Å². The molecule has 3 aliphatic heterocycles. The van der Waals surface area contributed by atoms with Crippen molar-refractivity contribution in [3.05, 3.63) is 75.5 Å². The average molecular weight is 682 g/mol. The quantitative estimate of drug-likeness (QED) is 0.229. The number of aromatic nitrogens is 4. The lowest BCUT2D eigenvalue weighted by atomic mass is 9.98. The van der Waals surface area contributed by atoms with Crippen molar-refractivity contribution in [1.82, 2.24) is 24.2 Å². The second-order valence-electron chi connectivity index (χ2n) is 15.4. The van der Waals surface area contributed by atoms with E-state index in [0.29, 0.717) is 26.2 Å². The number of anilines is 2. The third-order valence-corrected chi connectivity index (χ3v) is 10.3. The lowest BCUT2D eigenvalue weighted by Crippen LogP contribution is -2.55. The summed E-state index contributed by atoms with van der Waals surface area (Å²) in [5.41, 5.74) is 6.57. The molecule has 2 aromatic heterocycles. The van der Waals surface area contributed by atoms with Crippen LogP contribution < -0.4 is 15.5 Å². The second-order valence-corrected chi connectivity index (χ2v) is 15.4. The number of piperazine rings is 1. The van der Waals surface area contributed by atoms with Crippen LogP contribution in [0.5, 0.6) is 0 Å². The van der Waals surface area contributed by atoms with Crippen LogP contribution in [0.15, 0.2) is 47.4 Å². The molecular weight excluding hydrogens is 630 g/mol. The van der Waals surface area contributed by atoms with Gasteiger partial charge in [0.15, 0.2) is 6.23 Å². The van der Waals surface area contributed by atoms with Crippen molar-refractivity contribution in [2.75, 3.05) is 42.6 Å². The molecule has 1 amide bonds. The van der Waals surface area contributed by atoms with Gasteiger partial charge in [-0.25, -0.2) is 14.3 Å². The van der Waals surface area contributed by atoms with E-state index in [9.17, 15) is 9.59 Å². The number of hydrogen-bond donors (Lipinski definition) is 0. The number of ether oxygens (including phenoxy) is 2. The van der Waals surface area contributed by atoms with Crippen LogP contribution in [0.2, 0.25) is 0 Å². The van der Waals surface area contributed by atoms with Gasteiger partial charge in [-0.05, 0) is 89.5 Å². The Kier molecular flexibility index (Phi) is 9.13. The highest BCUT2D eigenvalue weighted by atomic mass is 16.6. The molecule has 7 rings (SSSR count). The topological polar surface area (TPSA) is 98.0 Å². The standard InChI is InChI=1S/C39H51N7O4/c1-25(2)28-12-8-9-13-31(28)45-33-24-42(35-26(3)15-16-32-30(35)22-40-46(32)34-14-10-11-21-49-34)18-17-29(33)36(41-37(45)47)44-20-19-43(23-27(44)4)38(48)50-39(5,6)7/h8-9,12-13,15-16,22,25,27,34H,10-11,14,17-21,23-24H2,1-7H3/t27-,34?/m0/s1. The predicted octanol–water partition coefficient (Wildman–Crippen LogP) is 6.72. The zero-order valence-electron chi connectivity index (χ0n) is 30.6. The molecule has 0 spiro atoms. The molecule has 11 heteroatoms. The minimum absolute atomic E-state index is 0.0482. The molecule has 266 valence electrons. The average Bonchev–Trinajstić information content (AvgIpc) is 3.51. The molecule has 0 saturated carbocycles. The number of carbonyl (C=O) groups excluding carboxylic acids is 1. The zero-order chi connectivity index (χ0) is 35.3. The van der Waals surface area contributed by atoms with Crippen LogP contribution in [0.1, 0.15) is 95.3 Å². The number of fused-ring (bicyclic) bond motifs is 2. The van der Waals surface area contributed by atoms with Crippen molar-refractivity contribution in [3.8, 4) is 5.69 Å². The van der Waals surface area contributed by atoms with E-state index in [1.165, 1.54) is 5.56 Å². The summed E-state index contributed by atoms with van der Waals surface area (Å²) in [5.74, 6) is 0.953. The first-order chi connectivity index (χ1) is 23.9. The van der Waals surface area contributed by atoms with Crippen LogP contribution in [0, 0.1) is 6.92 Å². The van der Waals surface area contributed by atoms with Crippen molar-refractivity contribution >= 4 is 28.5 Å². The Morgan fingerprint density at radius 3 is 2.58 bits per heavy atom. The summed E-state index contributed by atoms with van der Waals surface area (Å²) in [6.07, 6.45) is 5.52. The number of amides is 1. The molecule has 2 aromatic carbocycles. The first kappa shape index (κ1) is 34.1. The summed E-state index contributed by atoms with van der Waals surface area (Å²) in [6, 6.07) is 12.5. The Bertz CT molecular complexity index is 1950. The highest BCUT2D eigenvalue weighted by Crippen LogP contribution is 2.38. The van der Waals surface area contributed by atoms with E-state index in [0.717, 1.165) is 83.8 Å². The predicted molar refractivity (Wildman–Crippen MR) is 197 cm³/mol. The van der Waals surface area contributed by atoms with Crippen LogP contribution in [-0.4, -0.2) is 74.8 Å². The lowest BCUT2D eigenvalue weighted by molar-refractivity contribution is -0.0366. The van der Waals surface area contributed by atoms with Gasteiger partial charge in [0.2, 0.25) is 0 Å². The van der Waals surface area contributed by atoms with Crippen molar-refractivity contribution in [2.45, 2.75) is 104 Å². The van der Waals surface area contributed by atoms with E-state index >= 15 is 0 Å². The maximum absolute atomic E-state index is 14.4. The number of para-hydroxylation sites is 1. The molecule has 0 bridgehead atoms. The summed E-state index contributed by atoms with van der Waals surface area (Å²) in [6.45, 7) is 17.9. The number of nitrogens with zero attached hydrogens (tertiary/aromatic N) is 7. The van der Waals surface area contributed by atoms with Gasteiger partial charge in [-0.2, -0.15) is 10.1 Å². The Morgan fingerprint density at radius 2 is 1.86 bits per heavy atom. The number of rotatable bonds is 5. The minimum Gasteiger partial charge on any atom is -0.444 e. The second kappa shape index (κ2) is 13.4. The summed E-state index contributed by atoms with van der Waals surface area (Å²) < 4.78 is 15.7. The molecule has 2 fully saturated rings. The van der Waals surface area contributed by atoms with Gasteiger partial charge in [0.05, 0.1) is 35.3 Å². The third-order valence-electron chi connectivity index (χ3n) is 10.3.